The first kappa shape index (κ1) is 15.1. The summed E-state index contributed by atoms with van der Waals surface area (Å²) in [6.07, 6.45) is 1.44. The predicted octanol–water partition coefficient (Wildman–Crippen LogP) is 3.09. The highest BCUT2D eigenvalue weighted by Crippen LogP contribution is 2.25. The fraction of sp³-hybridized carbons (Fsp3) is 0.286. The molecule has 21 heavy (non-hydrogen) atoms. The first-order chi connectivity index (χ1) is 9.79. The van der Waals surface area contributed by atoms with Gasteiger partial charge in [0.05, 0.1) is 10.9 Å². The highest BCUT2D eigenvalue weighted by atomic mass is 19.2. The molecule has 4 nitrogen and oxygen atoms in total. The molecule has 0 bridgehead atoms. The van der Waals surface area contributed by atoms with Gasteiger partial charge in [-0.05, 0) is 19.4 Å². The van der Waals surface area contributed by atoms with Crippen LogP contribution in [0.25, 0.3) is 10.9 Å². The van der Waals surface area contributed by atoms with E-state index < -0.39 is 51.4 Å². The van der Waals surface area contributed by atoms with Crippen molar-refractivity contribution in [2.24, 2.45) is 0 Å². The third kappa shape index (κ3) is 2.28. The summed E-state index contributed by atoms with van der Waals surface area (Å²) in [7, 11) is 0. The van der Waals surface area contributed by atoms with Crippen molar-refractivity contribution in [1.29, 1.82) is 0 Å². The van der Waals surface area contributed by atoms with Gasteiger partial charge in [0, 0.05) is 12.2 Å². The number of fused-ring (bicyclic) bond motifs is 1. The molecule has 0 aliphatic rings. The lowest BCUT2D eigenvalue weighted by Gasteiger charge is -2.18. The maximum absolute atomic E-state index is 14.0. The lowest BCUT2D eigenvalue weighted by Crippen LogP contribution is -2.21. The molecule has 0 aliphatic heterocycles. The number of carboxylic acid groups (broad SMARTS) is 1. The molecule has 112 valence electrons. The van der Waals surface area contributed by atoms with Crippen LogP contribution in [-0.4, -0.2) is 15.6 Å². The Bertz CT molecular complexity index is 798. The molecule has 7 heteroatoms. The largest absolute Gasteiger partial charge is 0.477 e. The van der Waals surface area contributed by atoms with Gasteiger partial charge in [-0.2, -0.15) is 0 Å². The average molecular weight is 299 g/mol. The summed E-state index contributed by atoms with van der Waals surface area (Å²) in [6.45, 7) is 3.41. The summed E-state index contributed by atoms with van der Waals surface area (Å²) in [5.74, 6) is -6.24. The molecule has 1 aromatic heterocycles. The van der Waals surface area contributed by atoms with E-state index in [0.29, 0.717) is 12.5 Å². The Hall–Kier alpha value is -2.31. The standard InChI is InChI=1S/C14H12F3NO3/c1-3-6(2)18-5-8(14(20)21)13(19)7-4-9(15)10(16)11(17)12(7)18/h4-6H,3H2,1-2H3,(H,20,21). The van der Waals surface area contributed by atoms with Crippen molar-refractivity contribution < 1.29 is 23.1 Å². The Kier molecular flexibility index (Phi) is 3.76. The summed E-state index contributed by atoms with van der Waals surface area (Å²) in [5.41, 5.74) is -2.10. The van der Waals surface area contributed by atoms with E-state index in [4.69, 9.17) is 5.11 Å². The van der Waals surface area contributed by atoms with Crippen molar-refractivity contribution in [3.63, 3.8) is 0 Å². The van der Waals surface area contributed by atoms with Gasteiger partial charge in [0.25, 0.3) is 0 Å². The number of rotatable bonds is 3. The maximum Gasteiger partial charge on any atom is 0.341 e. The molecule has 2 rings (SSSR count). The van der Waals surface area contributed by atoms with Crippen LogP contribution in [0.4, 0.5) is 13.2 Å². The molecule has 0 radical (unpaired) electrons. The van der Waals surface area contributed by atoms with Gasteiger partial charge in [-0.15, -0.1) is 0 Å². The Morgan fingerprint density at radius 1 is 1.33 bits per heavy atom. The van der Waals surface area contributed by atoms with Crippen molar-refractivity contribution in [1.82, 2.24) is 4.57 Å². The second-order valence-electron chi connectivity index (χ2n) is 4.72. The molecule has 0 amide bonds. The van der Waals surface area contributed by atoms with Crippen molar-refractivity contribution in [3.8, 4) is 0 Å². The van der Waals surface area contributed by atoms with E-state index in [1.807, 2.05) is 0 Å². The molecule has 1 heterocycles. The van der Waals surface area contributed by atoms with E-state index in [1.165, 1.54) is 0 Å². The minimum Gasteiger partial charge on any atom is -0.477 e. The highest BCUT2D eigenvalue weighted by Gasteiger charge is 2.23. The Morgan fingerprint density at radius 3 is 2.48 bits per heavy atom. The molecule has 1 unspecified atom stereocenters. The van der Waals surface area contributed by atoms with Gasteiger partial charge in [0.1, 0.15) is 5.56 Å². The number of benzene rings is 1. The van der Waals surface area contributed by atoms with Gasteiger partial charge in [-0.1, -0.05) is 6.92 Å². The number of hydrogen-bond acceptors (Lipinski definition) is 2. The number of aromatic nitrogens is 1. The fourth-order valence-corrected chi connectivity index (χ4v) is 2.12. The van der Waals surface area contributed by atoms with Crippen LogP contribution in [0.15, 0.2) is 17.1 Å². The third-order valence-electron chi connectivity index (χ3n) is 3.45. The van der Waals surface area contributed by atoms with Gasteiger partial charge in [0.15, 0.2) is 17.5 Å². The van der Waals surface area contributed by atoms with Crippen LogP contribution >= 0.6 is 0 Å². The number of carboxylic acids is 1. The number of pyridine rings is 1. The molecule has 0 spiro atoms. The van der Waals surface area contributed by atoms with Crippen molar-refractivity contribution >= 4 is 16.9 Å². The van der Waals surface area contributed by atoms with E-state index in [0.717, 1.165) is 10.8 Å². The topological polar surface area (TPSA) is 59.3 Å². The zero-order valence-corrected chi connectivity index (χ0v) is 11.3. The van der Waals surface area contributed by atoms with E-state index in [9.17, 15) is 22.8 Å². The lowest BCUT2D eigenvalue weighted by molar-refractivity contribution is 0.0694. The first-order valence-electron chi connectivity index (χ1n) is 6.25. The minimum absolute atomic E-state index is 0.398. The molecule has 1 atom stereocenters. The van der Waals surface area contributed by atoms with Crippen LogP contribution in [0.2, 0.25) is 0 Å². The van der Waals surface area contributed by atoms with Crippen LogP contribution in [0.5, 0.6) is 0 Å². The fourth-order valence-electron chi connectivity index (χ4n) is 2.12. The number of halogens is 3. The maximum atomic E-state index is 14.0. The summed E-state index contributed by atoms with van der Waals surface area (Å²) >= 11 is 0. The van der Waals surface area contributed by atoms with Crippen molar-refractivity contribution in [2.45, 2.75) is 26.3 Å². The summed E-state index contributed by atoms with van der Waals surface area (Å²) in [6, 6.07) is 0.132. The van der Waals surface area contributed by atoms with Gasteiger partial charge in [-0.3, -0.25) is 4.79 Å². The molecule has 0 saturated carbocycles. The second kappa shape index (κ2) is 5.23. The lowest BCUT2D eigenvalue weighted by atomic mass is 10.1. The average Bonchev–Trinajstić information content (AvgIpc) is 2.44. The molecule has 0 fully saturated rings. The van der Waals surface area contributed by atoms with E-state index in [2.05, 4.69) is 0 Å². The Balaban J connectivity index is 3.07. The van der Waals surface area contributed by atoms with Crippen LogP contribution in [-0.2, 0) is 0 Å². The van der Waals surface area contributed by atoms with Crippen LogP contribution in [0.3, 0.4) is 0 Å². The molecule has 0 aliphatic carbocycles. The normalized spacial score (nSPS) is 12.6. The SMILES string of the molecule is CCC(C)n1cc(C(=O)O)c(=O)c2cc(F)c(F)c(F)c21. The molecule has 1 N–H and O–H groups in total. The van der Waals surface area contributed by atoms with Gasteiger partial charge >= 0.3 is 5.97 Å². The van der Waals surface area contributed by atoms with Gasteiger partial charge in [-0.25, -0.2) is 18.0 Å². The molecular formula is C14H12F3NO3. The molecule has 1 aromatic carbocycles. The number of hydrogen-bond donors (Lipinski definition) is 1. The summed E-state index contributed by atoms with van der Waals surface area (Å²) < 4.78 is 41.9. The zero-order chi connectivity index (χ0) is 15.9. The van der Waals surface area contributed by atoms with Crippen LogP contribution in [0, 0.1) is 17.5 Å². The summed E-state index contributed by atoms with van der Waals surface area (Å²) in [4.78, 5) is 23.1. The zero-order valence-electron chi connectivity index (χ0n) is 11.3. The molecular weight excluding hydrogens is 287 g/mol. The minimum atomic E-state index is -1.69. The van der Waals surface area contributed by atoms with E-state index in [-0.39, 0.29) is 0 Å². The van der Waals surface area contributed by atoms with Gasteiger partial charge < -0.3 is 9.67 Å². The number of aromatic carboxylic acids is 1. The first-order valence-corrected chi connectivity index (χ1v) is 6.25. The Morgan fingerprint density at radius 2 is 1.95 bits per heavy atom. The number of carbonyl (C=O) groups is 1. The smallest absolute Gasteiger partial charge is 0.341 e. The summed E-state index contributed by atoms with van der Waals surface area (Å²) in [5, 5.41) is 8.53. The molecule has 2 aromatic rings. The second-order valence-corrected chi connectivity index (χ2v) is 4.72. The third-order valence-corrected chi connectivity index (χ3v) is 3.45. The van der Waals surface area contributed by atoms with E-state index >= 15 is 0 Å². The highest BCUT2D eigenvalue weighted by molar-refractivity contribution is 5.92. The molecule has 0 saturated heterocycles. The quantitative estimate of drug-likeness (QED) is 0.886. The Labute approximate surface area is 117 Å². The van der Waals surface area contributed by atoms with Crippen molar-refractivity contribution in [3.05, 3.63) is 45.5 Å². The monoisotopic (exact) mass is 299 g/mol. The predicted molar refractivity (Wildman–Crippen MR) is 70.0 cm³/mol. The van der Waals surface area contributed by atoms with E-state index in [1.54, 1.807) is 13.8 Å². The van der Waals surface area contributed by atoms with Crippen LogP contribution < -0.4 is 5.43 Å². The number of nitrogens with zero attached hydrogens (tertiary/aromatic N) is 1. The van der Waals surface area contributed by atoms with Crippen molar-refractivity contribution in [2.75, 3.05) is 0 Å². The van der Waals surface area contributed by atoms with Crippen LogP contribution in [0.1, 0.15) is 36.7 Å². The van der Waals surface area contributed by atoms with Gasteiger partial charge in [0.2, 0.25) is 5.43 Å².